The van der Waals surface area contributed by atoms with Crippen molar-refractivity contribution >= 4 is 15.9 Å². The third-order valence-corrected chi connectivity index (χ3v) is 7.47. The third kappa shape index (κ3) is 5.75. The van der Waals surface area contributed by atoms with Crippen LogP contribution in [0.4, 0.5) is 0 Å². The van der Waals surface area contributed by atoms with Gasteiger partial charge in [-0.15, -0.1) is 0 Å². The van der Waals surface area contributed by atoms with Gasteiger partial charge < -0.3 is 9.64 Å². The first-order valence-electron chi connectivity index (χ1n) is 10.3. The second-order valence-corrected chi connectivity index (χ2v) is 10.3. The molecule has 9 heteroatoms. The van der Waals surface area contributed by atoms with E-state index in [-0.39, 0.29) is 29.6 Å². The summed E-state index contributed by atoms with van der Waals surface area (Å²) in [5.41, 5.74) is 0. The lowest BCUT2D eigenvalue weighted by atomic mass is 9.95. The van der Waals surface area contributed by atoms with E-state index >= 15 is 0 Å². The molecule has 0 spiro atoms. The highest BCUT2D eigenvalue weighted by atomic mass is 32.2. The van der Waals surface area contributed by atoms with Gasteiger partial charge in [0.15, 0.2) is 0 Å². The third-order valence-electron chi connectivity index (χ3n) is 5.68. The summed E-state index contributed by atoms with van der Waals surface area (Å²) in [6.45, 7) is 8.39. The van der Waals surface area contributed by atoms with Crippen molar-refractivity contribution in [3.05, 3.63) is 24.5 Å². The van der Waals surface area contributed by atoms with Crippen molar-refractivity contribution in [2.24, 2.45) is 5.92 Å². The van der Waals surface area contributed by atoms with Gasteiger partial charge in [0, 0.05) is 52.2 Å². The van der Waals surface area contributed by atoms with Crippen LogP contribution < -0.4 is 0 Å². The van der Waals surface area contributed by atoms with E-state index < -0.39 is 10.0 Å². The summed E-state index contributed by atoms with van der Waals surface area (Å²) in [6.07, 6.45) is 5.24. The summed E-state index contributed by atoms with van der Waals surface area (Å²) in [7, 11) is -2.27. The minimum Gasteiger partial charge on any atom is -0.373 e. The zero-order valence-electron chi connectivity index (χ0n) is 17.5. The molecule has 2 atom stereocenters. The Kier molecular flexibility index (Phi) is 7.26. The number of hydrogen-bond donors (Lipinski definition) is 0. The number of carbonyl (C=O) groups excluding carboxylic acids is 1. The molecule has 3 heterocycles. The Balaban J connectivity index is 1.47. The second-order valence-electron chi connectivity index (χ2n) is 8.25. The van der Waals surface area contributed by atoms with E-state index in [2.05, 4.69) is 23.7 Å². The zero-order chi connectivity index (χ0) is 21.0. The molecule has 162 valence electrons. The van der Waals surface area contributed by atoms with Crippen molar-refractivity contribution in [3.63, 3.8) is 0 Å². The fourth-order valence-corrected chi connectivity index (χ4v) is 5.30. The highest BCUT2D eigenvalue weighted by Gasteiger charge is 2.30. The number of sulfonamides is 1. The predicted octanol–water partition coefficient (Wildman–Crippen LogP) is 1.05. The minimum atomic E-state index is -3.71. The molecule has 1 amide bonds. The number of likely N-dealkylation sites (N-methyl/N-ethyl adjacent to an activating group) is 1. The van der Waals surface area contributed by atoms with Gasteiger partial charge in [0.1, 0.15) is 4.90 Å². The zero-order valence-corrected chi connectivity index (χ0v) is 18.3. The quantitative estimate of drug-likeness (QED) is 0.679. The van der Waals surface area contributed by atoms with Crippen LogP contribution in [0.1, 0.15) is 26.7 Å². The summed E-state index contributed by atoms with van der Waals surface area (Å²) in [6, 6.07) is 3.06. The van der Waals surface area contributed by atoms with Crippen LogP contribution in [0, 0.1) is 5.92 Å². The number of pyridine rings is 1. The molecule has 8 nitrogen and oxygen atoms in total. The first kappa shape index (κ1) is 22.1. The lowest BCUT2D eigenvalue weighted by molar-refractivity contribution is -0.132. The van der Waals surface area contributed by atoms with E-state index in [1.54, 1.807) is 11.0 Å². The molecule has 1 aromatic heterocycles. The van der Waals surface area contributed by atoms with Gasteiger partial charge in [-0.05, 0) is 44.7 Å². The molecule has 1 aromatic rings. The number of rotatable bonds is 6. The highest BCUT2D eigenvalue weighted by molar-refractivity contribution is 7.89. The van der Waals surface area contributed by atoms with Crippen LogP contribution in [0.15, 0.2) is 29.4 Å². The molecule has 2 fully saturated rings. The number of morpholine rings is 1. The lowest BCUT2D eigenvalue weighted by Crippen LogP contribution is -2.49. The summed E-state index contributed by atoms with van der Waals surface area (Å²) in [5.74, 6) is 0.417. The van der Waals surface area contributed by atoms with E-state index in [4.69, 9.17) is 4.74 Å². The average Bonchev–Trinajstić information content (AvgIpc) is 2.68. The fourth-order valence-electron chi connectivity index (χ4n) is 4.22. The van der Waals surface area contributed by atoms with Crippen molar-refractivity contribution < 1.29 is 17.9 Å². The number of amides is 1. The molecule has 29 heavy (non-hydrogen) atoms. The predicted molar refractivity (Wildman–Crippen MR) is 110 cm³/mol. The Morgan fingerprint density at radius 2 is 1.90 bits per heavy atom. The van der Waals surface area contributed by atoms with Gasteiger partial charge in [0.05, 0.1) is 18.8 Å². The second kappa shape index (κ2) is 9.51. The SMILES string of the molecule is CC1CN(CC2CCN(C(=O)CN(C)S(=O)(=O)c3cccnc3)CC2)CC(C)O1. The van der Waals surface area contributed by atoms with E-state index in [9.17, 15) is 13.2 Å². The van der Waals surface area contributed by atoms with E-state index in [0.717, 1.165) is 36.8 Å². The van der Waals surface area contributed by atoms with Gasteiger partial charge >= 0.3 is 0 Å². The molecular weight excluding hydrogens is 392 g/mol. The van der Waals surface area contributed by atoms with Crippen LogP contribution in [0.5, 0.6) is 0 Å². The van der Waals surface area contributed by atoms with Crippen molar-refractivity contribution in [1.29, 1.82) is 0 Å². The number of ether oxygens (including phenoxy) is 1. The van der Waals surface area contributed by atoms with Gasteiger partial charge in [-0.1, -0.05) is 0 Å². The van der Waals surface area contributed by atoms with Crippen LogP contribution in [-0.4, -0.2) is 91.9 Å². The molecule has 2 saturated heterocycles. The molecular formula is C20H32N4O4S. The van der Waals surface area contributed by atoms with Crippen molar-refractivity contribution in [2.45, 2.75) is 43.8 Å². The topological polar surface area (TPSA) is 83.0 Å². The largest absolute Gasteiger partial charge is 0.373 e. The maximum absolute atomic E-state index is 12.6. The normalized spacial score (nSPS) is 24.8. The Labute approximate surface area is 173 Å². The summed E-state index contributed by atoms with van der Waals surface area (Å²) in [5, 5.41) is 0. The summed E-state index contributed by atoms with van der Waals surface area (Å²) < 4.78 is 32.1. The number of carbonyl (C=O) groups is 1. The van der Waals surface area contributed by atoms with Crippen molar-refractivity contribution in [3.8, 4) is 0 Å². The molecule has 2 aliphatic heterocycles. The lowest BCUT2D eigenvalue weighted by Gasteiger charge is -2.39. The van der Waals surface area contributed by atoms with Gasteiger partial charge in [0.25, 0.3) is 0 Å². The van der Waals surface area contributed by atoms with Gasteiger partial charge in [-0.2, -0.15) is 4.31 Å². The molecule has 2 aliphatic rings. The molecule has 2 unspecified atom stereocenters. The van der Waals surface area contributed by atoms with Crippen molar-refractivity contribution in [2.75, 3.05) is 46.3 Å². The number of likely N-dealkylation sites (tertiary alicyclic amines) is 1. The molecule has 0 N–H and O–H groups in total. The number of hydrogen-bond acceptors (Lipinski definition) is 6. The average molecular weight is 425 g/mol. The van der Waals surface area contributed by atoms with Gasteiger partial charge in [-0.3, -0.25) is 14.7 Å². The number of piperidine rings is 1. The first-order valence-corrected chi connectivity index (χ1v) is 11.7. The fraction of sp³-hybridized carbons (Fsp3) is 0.700. The molecule has 3 rings (SSSR count). The first-order chi connectivity index (χ1) is 13.8. The Hall–Kier alpha value is -1.55. The van der Waals surface area contributed by atoms with Crippen LogP contribution in [0.2, 0.25) is 0 Å². The van der Waals surface area contributed by atoms with Crippen molar-refractivity contribution in [1.82, 2.24) is 19.1 Å². The Morgan fingerprint density at radius 3 is 2.48 bits per heavy atom. The van der Waals surface area contributed by atoms with Crippen LogP contribution in [-0.2, 0) is 19.6 Å². The minimum absolute atomic E-state index is 0.1000. The van der Waals surface area contributed by atoms with Crippen LogP contribution in [0.25, 0.3) is 0 Å². The van der Waals surface area contributed by atoms with Crippen LogP contribution in [0.3, 0.4) is 0 Å². The maximum atomic E-state index is 12.6. The maximum Gasteiger partial charge on any atom is 0.244 e. The molecule has 0 aliphatic carbocycles. The van der Waals surface area contributed by atoms with E-state index in [0.29, 0.717) is 19.0 Å². The number of nitrogens with zero attached hydrogens (tertiary/aromatic N) is 4. The van der Waals surface area contributed by atoms with Crippen LogP contribution >= 0.6 is 0 Å². The summed E-state index contributed by atoms with van der Waals surface area (Å²) >= 11 is 0. The Morgan fingerprint density at radius 1 is 1.24 bits per heavy atom. The van der Waals surface area contributed by atoms with Gasteiger partial charge in [-0.25, -0.2) is 8.42 Å². The monoisotopic (exact) mass is 424 g/mol. The standard InChI is InChI=1S/C20H32N4O4S/c1-16-12-23(13-17(2)28-16)14-18-6-9-24(10-7-18)20(25)15-22(3)29(26,27)19-5-4-8-21-11-19/h4-5,8,11,16-18H,6-7,9-10,12-15H2,1-3H3. The van der Waals surface area contributed by atoms with Gasteiger partial charge in [0.2, 0.25) is 15.9 Å². The highest BCUT2D eigenvalue weighted by Crippen LogP contribution is 2.21. The molecule has 0 saturated carbocycles. The summed E-state index contributed by atoms with van der Waals surface area (Å²) in [4.78, 5) is 20.9. The molecule has 0 radical (unpaired) electrons. The molecule has 0 aromatic carbocycles. The van der Waals surface area contributed by atoms with E-state index in [1.165, 1.54) is 25.5 Å². The molecule has 0 bridgehead atoms. The Bertz CT molecular complexity index is 771. The smallest absolute Gasteiger partial charge is 0.244 e. The van der Waals surface area contributed by atoms with E-state index in [1.807, 2.05) is 0 Å². The number of aromatic nitrogens is 1.